The number of hydrogen-bond acceptors (Lipinski definition) is 4. The summed E-state index contributed by atoms with van der Waals surface area (Å²) >= 11 is 5.11. The minimum atomic E-state index is -0.502. The maximum Gasteiger partial charge on any atom is 0.163 e. The monoisotopic (exact) mass is 416 g/mol. The fourth-order valence-electron chi connectivity index (χ4n) is 1.06. The third kappa shape index (κ3) is 3.19. The van der Waals surface area contributed by atoms with Crippen molar-refractivity contribution in [3.63, 3.8) is 0 Å². The van der Waals surface area contributed by atoms with Gasteiger partial charge in [0, 0.05) is 4.47 Å². The van der Waals surface area contributed by atoms with E-state index in [0.29, 0.717) is 13.7 Å². The zero-order chi connectivity index (χ0) is 13.7. The highest BCUT2D eigenvalue weighted by Gasteiger charge is 2.11. The Morgan fingerprint density at radius 1 is 1.22 bits per heavy atom. The summed E-state index contributed by atoms with van der Waals surface area (Å²) in [4.78, 5) is 0. The van der Waals surface area contributed by atoms with Gasteiger partial charge in [0.15, 0.2) is 5.57 Å². The molecule has 4 nitrogen and oxygen atoms in total. The van der Waals surface area contributed by atoms with Crippen molar-refractivity contribution in [3.05, 3.63) is 37.3 Å². The number of nitrogens with zero attached hydrogens (tertiary/aromatic N) is 3. The number of halogens is 3. The highest BCUT2D eigenvalue weighted by Crippen LogP contribution is 2.29. The minimum absolute atomic E-state index is 0.213. The topological polar surface area (TPSA) is 83.4 Å². The maximum absolute atomic E-state index is 13.2. The number of hydrogen-bond donors (Lipinski definition) is 1. The predicted octanol–water partition coefficient (Wildman–Crippen LogP) is 3.43. The Labute approximate surface area is 125 Å². The fourth-order valence-corrected chi connectivity index (χ4v) is 1.94. The maximum atomic E-state index is 13.2. The van der Waals surface area contributed by atoms with Crippen molar-refractivity contribution in [1.29, 1.82) is 15.8 Å². The molecule has 0 saturated carbocycles. The number of allylic oxidation sites excluding steroid dienone is 2. The van der Waals surface area contributed by atoms with Gasteiger partial charge in [0.2, 0.25) is 0 Å². The molecule has 0 aliphatic heterocycles. The molecule has 0 saturated heterocycles. The summed E-state index contributed by atoms with van der Waals surface area (Å²) in [6, 6.07) is 7.35. The summed E-state index contributed by atoms with van der Waals surface area (Å²) < 4.78 is 14.4. The molecule has 0 aromatic heterocycles. The molecule has 1 rings (SSSR count). The molecule has 0 radical (unpaired) electrons. The Hall–Kier alpha value is -1.63. The molecular formula is C11H3BrFIN4. The van der Waals surface area contributed by atoms with Crippen molar-refractivity contribution in [2.75, 3.05) is 5.32 Å². The van der Waals surface area contributed by atoms with Crippen molar-refractivity contribution in [2.45, 2.75) is 0 Å². The Morgan fingerprint density at radius 3 is 2.33 bits per heavy atom. The summed E-state index contributed by atoms with van der Waals surface area (Å²) in [5.74, 6) is -0.502. The van der Waals surface area contributed by atoms with E-state index in [1.165, 1.54) is 12.1 Å². The number of benzene rings is 1. The molecule has 0 spiro atoms. The molecule has 0 aliphatic carbocycles. The average molecular weight is 417 g/mol. The first-order valence-corrected chi connectivity index (χ1v) is 6.26. The van der Waals surface area contributed by atoms with Crippen LogP contribution < -0.4 is 5.32 Å². The van der Waals surface area contributed by atoms with Gasteiger partial charge in [-0.25, -0.2) is 4.39 Å². The SMILES string of the molecule is N#CC(C#N)=C(C#N)Nc1cc(F)cc(Br)c1I. The number of rotatable bonds is 2. The van der Waals surface area contributed by atoms with Crippen LogP contribution in [0.15, 0.2) is 27.9 Å². The van der Waals surface area contributed by atoms with Crippen molar-refractivity contribution < 1.29 is 4.39 Å². The van der Waals surface area contributed by atoms with E-state index in [9.17, 15) is 4.39 Å². The molecule has 7 heteroatoms. The molecule has 0 atom stereocenters. The van der Waals surface area contributed by atoms with Gasteiger partial charge in [-0.1, -0.05) is 0 Å². The predicted molar refractivity (Wildman–Crippen MR) is 74.3 cm³/mol. The van der Waals surface area contributed by atoms with E-state index in [0.717, 1.165) is 0 Å². The summed E-state index contributed by atoms with van der Waals surface area (Å²) in [5.41, 5.74) is -0.258. The van der Waals surface area contributed by atoms with Crippen LogP contribution in [-0.2, 0) is 0 Å². The standard InChI is InChI=1S/C11H3BrFIN4/c12-8-1-7(13)2-9(11(8)14)18-10(5-17)6(3-15)4-16/h1-2,18H. The van der Waals surface area contributed by atoms with Gasteiger partial charge in [0.25, 0.3) is 0 Å². The summed E-state index contributed by atoms with van der Waals surface area (Å²) in [7, 11) is 0. The van der Waals surface area contributed by atoms with Gasteiger partial charge < -0.3 is 5.32 Å². The van der Waals surface area contributed by atoms with Gasteiger partial charge in [-0.3, -0.25) is 0 Å². The summed E-state index contributed by atoms with van der Waals surface area (Å²) in [6.45, 7) is 0. The van der Waals surface area contributed by atoms with Crippen LogP contribution in [0.2, 0.25) is 0 Å². The normalized spacial score (nSPS) is 8.67. The quantitative estimate of drug-likeness (QED) is 0.454. The first kappa shape index (κ1) is 14.4. The zero-order valence-electron chi connectivity index (χ0n) is 8.63. The van der Waals surface area contributed by atoms with Crippen LogP contribution in [0.4, 0.5) is 10.1 Å². The lowest BCUT2D eigenvalue weighted by Crippen LogP contribution is -2.03. The van der Waals surface area contributed by atoms with Gasteiger partial charge in [-0.15, -0.1) is 0 Å². The van der Waals surface area contributed by atoms with Crippen molar-refractivity contribution >= 4 is 44.2 Å². The van der Waals surface area contributed by atoms with Crippen LogP contribution in [0.1, 0.15) is 0 Å². The molecule has 0 aliphatic rings. The molecule has 18 heavy (non-hydrogen) atoms. The lowest BCUT2D eigenvalue weighted by atomic mass is 10.2. The van der Waals surface area contributed by atoms with Gasteiger partial charge >= 0.3 is 0 Å². The van der Waals surface area contributed by atoms with Crippen molar-refractivity contribution in [2.24, 2.45) is 0 Å². The van der Waals surface area contributed by atoms with Crippen LogP contribution in [0.5, 0.6) is 0 Å². The molecule has 0 amide bonds. The first-order chi connectivity index (χ1) is 8.53. The molecule has 0 heterocycles. The van der Waals surface area contributed by atoms with Crippen LogP contribution >= 0.6 is 38.5 Å². The molecule has 0 fully saturated rings. The molecule has 1 aromatic rings. The van der Waals surface area contributed by atoms with Crippen LogP contribution in [0, 0.1) is 43.4 Å². The number of nitrogens with one attached hydrogen (secondary N) is 1. The molecule has 1 N–H and O–H groups in total. The fraction of sp³-hybridized carbons (Fsp3) is 0. The van der Waals surface area contributed by atoms with Crippen LogP contribution in [0.3, 0.4) is 0 Å². The van der Waals surface area contributed by atoms with E-state index in [4.69, 9.17) is 15.8 Å². The van der Waals surface area contributed by atoms with Crippen molar-refractivity contribution in [3.8, 4) is 18.2 Å². The largest absolute Gasteiger partial charge is 0.344 e. The van der Waals surface area contributed by atoms with E-state index in [1.54, 1.807) is 18.2 Å². The average Bonchev–Trinajstić information content (AvgIpc) is 2.35. The molecule has 1 aromatic carbocycles. The smallest absolute Gasteiger partial charge is 0.163 e. The van der Waals surface area contributed by atoms with Gasteiger partial charge in [-0.05, 0) is 50.7 Å². The summed E-state index contributed by atoms with van der Waals surface area (Å²) in [6.07, 6.45) is 0. The van der Waals surface area contributed by atoms with Crippen molar-refractivity contribution in [1.82, 2.24) is 0 Å². The van der Waals surface area contributed by atoms with Gasteiger partial charge in [0.05, 0.1) is 9.26 Å². The Bertz CT molecular complexity index is 633. The molecule has 88 valence electrons. The lowest BCUT2D eigenvalue weighted by Gasteiger charge is -2.08. The number of nitriles is 3. The van der Waals surface area contributed by atoms with E-state index in [2.05, 4.69) is 21.2 Å². The third-order valence-corrected chi connectivity index (χ3v) is 4.37. The highest BCUT2D eigenvalue weighted by atomic mass is 127. The molecule has 0 unspecified atom stereocenters. The van der Waals surface area contributed by atoms with E-state index in [1.807, 2.05) is 22.6 Å². The Morgan fingerprint density at radius 2 is 1.83 bits per heavy atom. The summed E-state index contributed by atoms with van der Waals surface area (Å²) in [5, 5.41) is 28.8. The third-order valence-electron chi connectivity index (χ3n) is 1.84. The number of anilines is 1. The second-order valence-corrected chi connectivity index (χ2v) is 4.89. The molecule has 0 bridgehead atoms. The zero-order valence-corrected chi connectivity index (χ0v) is 12.4. The second-order valence-electron chi connectivity index (χ2n) is 2.96. The van der Waals surface area contributed by atoms with Gasteiger partial charge in [-0.2, -0.15) is 15.8 Å². The minimum Gasteiger partial charge on any atom is -0.344 e. The van der Waals surface area contributed by atoms with E-state index >= 15 is 0 Å². The van der Waals surface area contributed by atoms with E-state index in [-0.39, 0.29) is 11.3 Å². The Kier molecular flexibility index (Phi) is 5.08. The molecular weight excluding hydrogens is 414 g/mol. The van der Waals surface area contributed by atoms with E-state index < -0.39 is 5.82 Å². The van der Waals surface area contributed by atoms with Crippen LogP contribution in [0.25, 0.3) is 0 Å². The second kappa shape index (κ2) is 6.34. The lowest BCUT2D eigenvalue weighted by molar-refractivity contribution is 0.627. The Balaban J connectivity index is 3.30. The highest BCUT2D eigenvalue weighted by molar-refractivity contribution is 14.1. The van der Waals surface area contributed by atoms with Gasteiger partial charge in [0.1, 0.15) is 29.7 Å². The van der Waals surface area contributed by atoms with Crippen LogP contribution in [-0.4, -0.2) is 0 Å². The first-order valence-electron chi connectivity index (χ1n) is 4.39.